The van der Waals surface area contributed by atoms with Crippen LogP contribution >= 0.6 is 0 Å². The number of rotatable bonds is 5. The highest BCUT2D eigenvalue weighted by Crippen LogP contribution is 2.30. The van der Waals surface area contributed by atoms with Gasteiger partial charge in [0.25, 0.3) is 0 Å². The van der Waals surface area contributed by atoms with Crippen molar-refractivity contribution in [2.24, 2.45) is 0 Å². The molecule has 0 heterocycles. The summed E-state index contributed by atoms with van der Waals surface area (Å²) < 4.78 is 37.2. The molecular weight excluding hydrogens is 249 g/mol. The quantitative estimate of drug-likeness (QED) is 0.699. The molecule has 0 aliphatic rings. The molecule has 0 aliphatic heterocycles. The molecule has 100 valence electrons. The third-order valence-corrected chi connectivity index (χ3v) is 2.05. The number of halogens is 3. The molecular formula is C11H13F3N2O2. The second kappa shape index (κ2) is 6.36. The maximum absolute atomic E-state index is 12.4. The molecule has 1 aromatic rings. The Hall–Kier alpha value is -1.60. The zero-order chi connectivity index (χ0) is 13.6. The minimum Gasteiger partial charge on any atom is -0.395 e. The molecule has 0 atom stereocenters. The van der Waals surface area contributed by atoms with Gasteiger partial charge >= 0.3 is 6.18 Å². The number of amides is 1. The fraction of sp³-hybridized carbons (Fsp3) is 0.364. The first-order valence-electron chi connectivity index (χ1n) is 5.22. The van der Waals surface area contributed by atoms with Crippen LogP contribution in [0.5, 0.6) is 0 Å². The van der Waals surface area contributed by atoms with E-state index in [2.05, 4.69) is 10.6 Å². The lowest BCUT2D eigenvalue weighted by Crippen LogP contribution is -2.30. The van der Waals surface area contributed by atoms with Gasteiger partial charge in [-0.05, 0) is 18.2 Å². The number of carbonyl (C=O) groups excluding carboxylic acids is 1. The van der Waals surface area contributed by atoms with E-state index < -0.39 is 17.6 Å². The zero-order valence-corrected chi connectivity index (χ0v) is 9.42. The number of benzene rings is 1. The second-order valence-electron chi connectivity index (χ2n) is 3.53. The van der Waals surface area contributed by atoms with Gasteiger partial charge in [0.1, 0.15) is 0 Å². The molecule has 1 aromatic carbocycles. The highest BCUT2D eigenvalue weighted by molar-refractivity contribution is 5.92. The number of aliphatic hydroxyl groups is 1. The van der Waals surface area contributed by atoms with E-state index in [-0.39, 0.29) is 25.4 Å². The predicted octanol–water partition coefficient (Wildman–Crippen LogP) is 1.23. The molecule has 7 heteroatoms. The fourth-order valence-electron chi connectivity index (χ4n) is 1.26. The van der Waals surface area contributed by atoms with Crippen molar-refractivity contribution in [3.05, 3.63) is 29.8 Å². The standard InChI is InChI=1S/C11H13F3N2O2/c12-11(13,14)8-2-1-3-9(6-8)16-10(18)7-15-4-5-17/h1-3,6,15,17H,4-5,7H2,(H,16,18). The maximum atomic E-state index is 12.4. The van der Waals surface area contributed by atoms with Gasteiger partial charge in [-0.15, -0.1) is 0 Å². The number of carbonyl (C=O) groups is 1. The van der Waals surface area contributed by atoms with Gasteiger partial charge in [-0.2, -0.15) is 13.2 Å². The van der Waals surface area contributed by atoms with E-state index in [0.717, 1.165) is 12.1 Å². The van der Waals surface area contributed by atoms with Crippen LogP contribution in [0.4, 0.5) is 18.9 Å². The average Bonchev–Trinajstić information content (AvgIpc) is 2.28. The van der Waals surface area contributed by atoms with Crippen LogP contribution in [0.2, 0.25) is 0 Å². The Kier molecular flexibility index (Phi) is 5.11. The normalized spacial score (nSPS) is 11.3. The Bertz CT molecular complexity index is 408. The van der Waals surface area contributed by atoms with Crippen molar-refractivity contribution in [1.29, 1.82) is 0 Å². The summed E-state index contributed by atoms with van der Waals surface area (Å²) in [6.45, 7) is 0.0592. The van der Waals surface area contributed by atoms with E-state index >= 15 is 0 Å². The van der Waals surface area contributed by atoms with Crippen LogP contribution in [0, 0.1) is 0 Å². The van der Waals surface area contributed by atoms with E-state index in [0.29, 0.717) is 0 Å². The lowest BCUT2D eigenvalue weighted by atomic mass is 10.2. The molecule has 1 rings (SSSR count). The summed E-state index contributed by atoms with van der Waals surface area (Å²) in [4.78, 5) is 11.3. The number of nitrogens with one attached hydrogen (secondary N) is 2. The lowest BCUT2D eigenvalue weighted by molar-refractivity contribution is -0.137. The average molecular weight is 262 g/mol. The van der Waals surface area contributed by atoms with E-state index in [1.807, 2.05) is 0 Å². The SMILES string of the molecule is O=C(CNCCO)Nc1cccc(C(F)(F)F)c1. The molecule has 1 amide bonds. The Morgan fingerprint density at radius 1 is 1.33 bits per heavy atom. The van der Waals surface area contributed by atoms with Crippen LogP contribution in [0.1, 0.15) is 5.56 Å². The molecule has 0 spiro atoms. The largest absolute Gasteiger partial charge is 0.416 e. The number of aliphatic hydroxyl groups excluding tert-OH is 1. The van der Waals surface area contributed by atoms with Crippen molar-refractivity contribution < 1.29 is 23.1 Å². The molecule has 0 radical (unpaired) electrons. The van der Waals surface area contributed by atoms with Gasteiger partial charge in [-0.25, -0.2) is 0 Å². The van der Waals surface area contributed by atoms with Gasteiger partial charge in [0, 0.05) is 12.2 Å². The van der Waals surface area contributed by atoms with E-state index in [4.69, 9.17) is 5.11 Å². The van der Waals surface area contributed by atoms with E-state index in [1.165, 1.54) is 12.1 Å². The smallest absolute Gasteiger partial charge is 0.395 e. The van der Waals surface area contributed by atoms with Crippen LogP contribution < -0.4 is 10.6 Å². The fourth-order valence-corrected chi connectivity index (χ4v) is 1.26. The maximum Gasteiger partial charge on any atom is 0.416 e. The van der Waals surface area contributed by atoms with Crippen molar-refractivity contribution in [1.82, 2.24) is 5.32 Å². The monoisotopic (exact) mass is 262 g/mol. The van der Waals surface area contributed by atoms with Crippen LogP contribution in [0.15, 0.2) is 24.3 Å². The molecule has 0 fully saturated rings. The van der Waals surface area contributed by atoms with Crippen molar-refractivity contribution in [2.75, 3.05) is 25.0 Å². The topological polar surface area (TPSA) is 61.4 Å². The van der Waals surface area contributed by atoms with Gasteiger partial charge in [-0.3, -0.25) is 4.79 Å². The second-order valence-corrected chi connectivity index (χ2v) is 3.53. The molecule has 0 aromatic heterocycles. The van der Waals surface area contributed by atoms with Crippen LogP contribution in [-0.2, 0) is 11.0 Å². The summed E-state index contributed by atoms with van der Waals surface area (Å²) in [5.41, 5.74) is -0.732. The van der Waals surface area contributed by atoms with Gasteiger partial charge in [0.15, 0.2) is 0 Å². The van der Waals surface area contributed by atoms with Crippen molar-refractivity contribution in [3.63, 3.8) is 0 Å². The first-order valence-corrected chi connectivity index (χ1v) is 5.22. The molecule has 0 saturated carbocycles. The van der Waals surface area contributed by atoms with Crippen molar-refractivity contribution >= 4 is 11.6 Å². The third kappa shape index (κ3) is 4.72. The number of anilines is 1. The molecule has 0 saturated heterocycles. The van der Waals surface area contributed by atoms with Crippen LogP contribution in [-0.4, -0.2) is 30.7 Å². The Labute approximate surface area is 102 Å². The lowest BCUT2D eigenvalue weighted by Gasteiger charge is -2.10. The van der Waals surface area contributed by atoms with Crippen molar-refractivity contribution in [3.8, 4) is 0 Å². The molecule has 18 heavy (non-hydrogen) atoms. The number of hydrogen-bond acceptors (Lipinski definition) is 3. The van der Waals surface area contributed by atoms with Crippen LogP contribution in [0.25, 0.3) is 0 Å². The molecule has 3 N–H and O–H groups in total. The number of hydrogen-bond donors (Lipinski definition) is 3. The molecule has 0 bridgehead atoms. The highest BCUT2D eigenvalue weighted by Gasteiger charge is 2.30. The predicted molar refractivity (Wildman–Crippen MR) is 60.0 cm³/mol. The number of alkyl halides is 3. The first-order chi connectivity index (χ1) is 8.43. The van der Waals surface area contributed by atoms with Gasteiger partial charge < -0.3 is 15.7 Å². The molecule has 4 nitrogen and oxygen atoms in total. The first kappa shape index (κ1) is 14.5. The minimum atomic E-state index is -4.43. The Balaban J connectivity index is 2.60. The summed E-state index contributed by atoms with van der Waals surface area (Å²) in [5, 5.41) is 13.4. The summed E-state index contributed by atoms with van der Waals surface area (Å²) >= 11 is 0. The van der Waals surface area contributed by atoms with Gasteiger partial charge in [0.05, 0.1) is 18.7 Å². The van der Waals surface area contributed by atoms with Gasteiger partial charge in [-0.1, -0.05) is 6.07 Å². The van der Waals surface area contributed by atoms with Gasteiger partial charge in [0.2, 0.25) is 5.91 Å². The highest BCUT2D eigenvalue weighted by atomic mass is 19.4. The Morgan fingerprint density at radius 3 is 2.67 bits per heavy atom. The summed E-state index contributed by atoms with van der Waals surface area (Å²) in [5.74, 6) is -0.470. The van der Waals surface area contributed by atoms with E-state index in [9.17, 15) is 18.0 Å². The third-order valence-electron chi connectivity index (χ3n) is 2.05. The molecule has 0 unspecified atom stereocenters. The zero-order valence-electron chi connectivity index (χ0n) is 9.42. The van der Waals surface area contributed by atoms with Crippen LogP contribution in [0.3, 0.4) is 0 Å². The minimum absolute atomic E-state index is 0.0726. The summed E-state index contributed by atoms with van der Waals surface area (Å²) in [6, 6.07) is 4.39. The Morgan fingerprint density at radius 2 is 2.06 bits per heavy atom. The van der Waals surface area contributed by atoms with E-state index in [1.54, 1.807) is 0 Å². The summed E-state index contributed by atoms with van der Waals surface area (Å²) in [6.07, 6.45) is -4.43. The van der Waals surface area contributed by atoms with Crippen molar-refractivity contribution in [2.45, 2.75) is 6.18 Å². The molecule has 0 aliphatic carbocycles. The summed E-state index contributed by atoms with van der Waals surface area (Å²) in [7, 11) is 0.